The van der Waals surface area contributed by atoms with Gasteiger partial charge in [-0.15, -0.1) is 0 Å². The van der Waals surface area contributed by atoms with E-state index >= 15 is 0 Å². The van der Waals surface area contributed by atoms with Crippen LogP contribution in [0, 0.1) is 0 Å². The van der Waals surface area contributed by atoms with Crippen molar-refractivity contribution >= 4 is 34.8 Å². The summed E-state index contributed by atoms with van der Waals surface area (Å²) in [4.78, 5) is 12.1. The zero-order valence-electron chi connectivity index (χ0n) is 10.4. The van der Waals surface area contributed by atoms with Crippen LogP contribution >= 0.6 is 23.2 Å². The number of carbonyl (C=O) groups excluding carboxylic acids is 1. The maximum absolute atomic E-state index is 12.1. The molecule has 0 fully saturated rings. The van der Waals surface area contributed by atoms with Crippen molar-refractivity contribution in [3.05, 3.63) is 64.1 Å². The number of hydrogen-bond donors (Lipinski definition) is 1. The molecular formula is C15H13Cl2NO. The molecular weight excluding hydrogens is 281 g/mol. The number of hydrogen-bond acceptors (Lipinski definition) is 1. The summed E-state index contributed by atoms with van der Waals surface area (Å²) in [6.07, 6.45) is 0. The van der Waals surface area contributed by atoms with E-state index in [1.807, 2.05) is 37.3 Å². The van der Waals surface area contributed by atoms with Crippen molar-refractivity contribution in [3.63, 3.8) is 0 Å². The number of halogens is 2. The van der Waals surface area contributed by atoms with Crippen molar-refractivity contribution in [1.29, 1.82) is 0 Å². The van der Waals surface area contributed by atoms with Crippen molar-refractivity contribution in [3.8, 4) is 0 Å². The molecule has 0 aromatic heterocycles. The third-order valence-electron chi connectivity index (χ3n) is 2.88. The van der Waals surface area contributed by atoms with Gasteiger partial charge in [0.2, 0.25) is 5.91 Å². The van der Waals surface area contributed by atoms with Crippen molar-refractivity contribution < 1.29 is 4.79 Å². The lowest BCUT2D eigenvalue weighted by atomic mass is 10.0. The fourth-order valence-electron chi connectivity index (χ4n) is 1.72. The average Bonchev–Trinajstić information content (AvgIpc) is 2.43. The zero-order valence-corrected chi connectivity index (χ0v) is 11.9. The molecule has 2 aromatic carbocycles. The van der Waals surface area contributed by atoms with Gasteiger partial charge in [0.25, 0.3) is 0 Å². The Morgan fingerprint density at radius 1 is 1.05 bits per heavy atom. The van der Waals surface area contributed by atoms with Crippen LogP contribution in [0.1, 0.15) is 18.4 Å². The molecule has 0 spiro atoms. The van der Waals surface area contributed by atoms with Crippen LogP contribution in [0.5, 0.6) is 0 Å². The Kier molecular flexibility index (Phi) is 4.46. The summed E-state index contributed by atoms with van der Waals surface area (Å²) >= 11 is 11.7. The molecule has 1 amide bonds. The summed E-state index contributed by atoms with van der Waals surface area (Å²) in [6.45, 7) is 1.86. The molecule has 0 radical (unpaired) electrons. The molecule has 98 valence electrons. The Bertz CT molecular complexity index is 584. The summed E-state index contributed by atoms with van der Waals surface area (Å²) < 4.78 is 0. The summed E-state index contributed by atoms with van der Waals surface area (Å²) in [7, 11) is 0. The van der Waals surface area contributed by atoms with Crippen LogP contribution < -0.4 is 5.32 Å². The predicted octanol–water partition coefficient (Wildman–Crippen LogP) is 4.74. The third-order valence-corrected chi connectivity index (χ3v) is 3.62. The van der Waals surface area contributed by atoms with Crippen LogP contribution in [0.25, 0.3) is 0 Å². The first-order chi connectivity index (χ1) is 9.08. The molecule has 2 aromatic rings. The Morgan fingerprint density at radius 3 is 2.37 bits per heavy atom. The van der Waals surface area contributed by atoms with E-state index < -0.39 is 0 Å². The fourth-order valence-corrected chi connectivity index (χ4v) is 2.02. The number of amides is 1. The zero-order chi connectivity index (χ0) is 13.8. The lowest BCUT2D eigenvalue weighted by Crippen LogP contribution is -2.18. The molecule has 1 unspecified atom stereocenters. The minimum absolute atomic E-state index is 0.0791. The van der Waals surface area contributed by atoms with Crippen LogP contribution in [-0.4, -0.2) is 5.91 Å². The Labute approximate surface area is 122 Å². The Hall–Kier alpha value is -1.51. The number of carbonyl (C=O) groups is 1. The molecule has 4 heteroatoms. The molecule has 1 atom stereocenters. The second-order valence-corrected chi connectivity index (χ2v) is 5.06. The molecule has 0 heterocycles. The van der Waals surface area contributed by atoms with Gasteiger partial charge in [-0.3, -0.25) is 4.79 Å². The summed E-state index contributed by atoms with van der Waals surface area (Å²) in [5.74, 6) is -0.305. The topological polar surface area (TPSA) is 29.1 Å². The van der Waals surface area contributed by atoms with Gasteiger partial charge in [-0.2, -0.15) is 0 Å². The normalized spacial score (nSPS) is 11.9. The van der Waals surface area contributed by atoms with E-state index in [9.17, 15) is 4.79 Å². The second-order valence-electron chi connectivity index (χ2n) is 4.25. The Balaban J connectivity index is 2.10. The molecule has 0 bridgehead atoms. The number of benzene rings is 2. The molecule has 2 rings (SSSR count). The van der Waals surface area contributed by atoms with Crippen molar-refractivity contribution in [2.45, 2.75) is 12.8 Å². The maximum atomic E-state index is 12.1. The van der Waals surface area contributed by atoms with Crippen LogP contribution in [0.4, 0.5) is 5.69 Å². The van der Waals surface area contributed by atoms with E-state index in [2.05, 4.69) is 5.32 Å². The largest absolute Gasteiger partial charge is 0.326 e. The highest BCUT2D eigenvalue weighted by Gasteiger charge is 2.15. The maximum Gasteiger partial charge on any atom is 0.231 e. The smallest absolute Gasteiger partial charge is 0.231 e. The Morgan fingerprint density at radius 2 is 1.74 bits per heavy atom. The quantitative estimate of drug-likeness (QED) is 0.870. The van der Waals surface area contributed by atoms with Gasteiger partial charge in [-0.25, -0.2) is 0 Å². The van der Waals surface area contributed by atoms with Crippen LogP contribution in [0.3, 0.4) is 0 Å². The first-order valence-corrected chi connectivity index (χ1v) is 6.64. The predicted molar refractivity (Wildman–Crippen MR) is 79.9 cm³/mol. The van der Waals surface area contributed by atoms with Gasteiger partial charge in [0.1, 0.15) is 0 Å². The third kappa shape index (κ3) is 3.49. The minimum atomic E-state index is -0.226. The minimum Gasteiger partial charge on any atom is -0.326 e. The number of rotatable bonds is 3. The van der Waals surface area contributed by atoms with Crippen molar-refractivity contribution in [2.24, 2.45) is 0 Å². The summed E-state index contributed by atoms with van der Waals surface area (Å²) in [5.41, 5.74) is 1.61. The first kappa shape index (κ1) is 13.9. The van der Waals surface area contributed by atoms with Gasteiger partial charge < -0.3 is 5.32 Å². The highest BCUT2D eigenvalue weighted by atomic mass is 35.5. The molecule has 0 saturated carbocycles. The highest BCUT2D eigenvalue weighted by molar-refractivity contribution is 6.42. The molecule has 0 saturated heterocycles. The molecule has 0 aliphatic rings. The van der Waals surface area contributed by atoms with E-state index in [-0.39, 0.29) is 11.8 Å². The van der Waals surface area contributed by atoms with Gasteiger partial charge in [-0.1, -0.05) is 53.5 Å². The highest BCUT2D eigenvalue weighted by Crippen LogP contribution is 2.26. The van der Waals surface area contributed by atoms with Gasteiger partial charge in [0.05, 0.1) is 16.0 Å². The molecule has 1 N–H and O–H groups in total. The van der Waals surface area contributed by atoms with Gasteiger partial charge in [-0.05, 0) is 30.7 Å². The second kappa shape index (κ2) is 6.09. The first-order valence-electron chi connectivity index (χ1n) is 5.89. The molecule has 0 aliphatic carbocycles. The van der Waals surface area contributed by atoms with Gasteiger partial charge in [0, 0.05) is 5.69 Å². The van der Waals surface area contributed by atoms with E-state index in [0.717, 1.165) is 5.56 Å². The van der Waals surface area contributed by atoms with Crippen molar-refractivity contribution in [2.75, 3.05) is 5.32 Å². The summed E-state index contributed by atoms with van der Waals surface area (Å²) in [5, 5.41) is 3.72. The molecule has 0 aliphatic heterocycles. The standard InChI is InChI=1S/C15H13Cl2NO/c1-10(11-5-3-2-4-6-11)15(19)18-12-7-8-13(16)14(17)9-12/h2-10H,1H3,(H,18,19). The van der Waals surface area contributed by atoms with E-state index in [1.165, 1.54) is 0 Å². The van der Waals surface area contributed by atoms with E-state index in [0.29, 0.717) is 15.7 Å². The van der Waals surface area contributed by atoms with Crippen LogP contribution in [0.15, 0.2) is 48.5 Å². The summed E-state index contributed by atoms with van der Waals surface area (Å²) in [6, 6.07) is 14.6. The van der Waals surface area contributed by atoms with Gasteiger partial charge in [0.15, 0.2) is 0 Å². The fraction of sp³-hybridized carbons (Fsp3) is 0.133. The monoisotopic (exact) mass is 293 g/mol. The number of nitrogens with one attached hydrogen (secondary N) is 1. The van der Waals surface area contributed by atoms with E-state index in [4.69, 9.17) is 23.2 Å². The lowest BCUT2D eigenvalue weighted by molar-refractivity contribution is -0.117. The van der Waals surface area contributed by atoms with Crippen LogP contribution in [0.2, 0.25) is 10.0 Å². The average molecular weight is 294 g/mol. The lowest BCUT2D eigenvalue weighted by Gasteiger charge is -2.12. The van der Waals surface area contributed by atoms with Gasteiger partial charge >= 0.3 is 0 Å². The molecule has 2 nitrogen and oxygen atoms in total. The van der Waals surface area contributed by atoms with Crippen LogP contribution in [-0.2, 0) is 4.79 Å². The molecule has 19 heavy (non-hydrogen) atoms. The van der Waals surface area contributed by atoms with Crippen molar-refractivity contribution in [1.82, 2.24) is 0 Å². The van der Waals surface area contributed by atoms with E-state index in [1.54, 1.807) is 18.2 Å². The SMILES string of the molecule is CC(C(=O)Nc1ccc(Cl)c(Cl)c1)c1ccccc1. The number of anilines is 1.